The zero-order chi connectivity index (χ0) is 27.8. The standard InChI is InChI=1S/C28H35N5O4S2/c1-4-6-17-32(18-7-5-2)39(35,36)24-12-9-22(10-13-24)27(34)33(20-19-31-16-8-15-29-31)28-30-25-14-11-23(37-3)21-26(25)38-28/h8-16,21H,4-7,17-20H2,1-3H3. The topological polar surface area (TPSA) is 97.6 Å². The van der Waals surface area contributed by atoms with Crippen molar-refractivity contribution in [2.45, 2.75) is 51.0 Å². The molecule has 0 fully saturated rings. The highest BCUT2D eigenvalue weighted by molar-refractivity contribution is 7.89. The van der Waals surface area contributed by atoms with Crippen LogP contribution in [0.5, 0.6) is 5.75 Å². The van der Waals surface area contributed by atoms with Crippen LogP contribution in [0.2, 0.25) is 0 Å². The average molecular weight is 570 g/mol. The number of carbonyl (C=O) groups is 1. The number of carbonyl (C=O) groups excluding carboxylic acids is 1. The van der Waals surface area contributed by atoms with Crippen molar-refractivity contribution in [2.24, 2.45) is 0 Å². The van der Waals surface area contributed by atoms with Crippen molar-refractivity contribution in [3.63, 3.8) is 0 Å². The smallest absolute Gasteiger partial charge is 0.260 e. The molecule has 39 heavy (non-hydrogen) atoms. The van der Waals surface area contributed by atoms with Gasteiger partial charge in [0.2, 0.25) is 10.0 Å². The number of sulfonamides is 1. The molecule has 2 heterocycles. The van der Waals surface area contributed by atoms with Crippen molar-refractivity contribution in [1.82, 2.24) is 19.1 Å². The minimum atomic E-state index is -3.65. The number of anilines is 1. The third-order valence-electron chi connectivity index (χ3n) is 6.43. The number of amides is 1. The van der Waals surface area contributed by atoms with Crippen LogP contribution >= 0.6 is 11.3 Å². The Labute approximate surface area is 234 Å². The molecule has 0 spiro atoms. The summed E-state index contributed by atoms with van der Waals surface area (Å²) in [6.45, 7) is 5.90. The fourth-order valence-electron chi connectivity index (χ4n) is 4.15. The highest BCUT2D eigenvalue weighted by Gasteiger charge is 2.26. The Hall–Kier alpha value is -3.28. The predicted octanol–water partition coefficient (Wildman–Crippen LogP) is 5.44. The molecule has 2 aromatic carbocycles. The van der Waals surface area contributed by atoms with Gasteiger partial charge >= 0.3 is 0 Å². The zero-order valence-corrected chi connectivity index (χ0v) is 24.2. The molecule has 0 saturated heterocycles. The second-order valence-electron chi connectivity index (χ2n) is 9.19. The number of thiazole rings is 1. The van der Waals surface area contributed by atoms with Crippen LogP contribution in [-0.2, 0) is 16.6 Å². The third-order valence-corrected chi connectivity index (χ3v) is 9.39. The molecule has 4 rings (SSSR count). The summed E-state index contributed by atoms with van der Waals surface area (Å²) in [5, 5.41) is 4.80. The van der Waals surface area contributed by atoms with Crippen LogP contribution in [-0.4, -0.2) is 60.1 Å². The van der Waals surface area contributed by atoms with Crippen molar-refractivity contribution in [3.05, 3.63) is 66.5 Å². The number of rotatable bonds is 14. The van der Waals surface area contributed by atoms with Crippen LogP contribution in [0.3, 0.4) is 0 Å². The van der Waals surface area contributed by atoms with Gasteiger partial charge in [0.15, 0.2) is 5.13 Å². The summed E-state index contributed by atoms with van der Waals surface area (Å²) >= 11 is 1.40. The van der Waals surface area contributed by atoms with Crippen molar-refractivity contribution >= 4 is 42.6 Å². The molecule has 208 valence electrons. The lowest BCUT2D eigenvalue weighted by Crippen LogP contribution is -2.34. The van der Waals surface area contributed by atoms with Crippen LogP contribution in [0, 0.1) is 0 Å². The molecular formula is C28H35N5O4S2. The summed E-state index contributed by atoms with van der Waals surface area (Å²) in [5.74, 6) is 0.460. The molecule has 0 radical (unpaired) electrons. The van der Waals surface area contributed by atoms with Gasteiger partial charge in [0, 0.05) is 37.6 Å². The first-order valence-corrected chi connectivity index (χ1v) is 15.5. The van der Waals surface area contributed by atoms with Crippen LogP contribution in [0.25, 0.3) is 10.2 Å². The maximum Gasteiger partial charge on any atom is 0.260 e. The monoisotopic (exact) mass is 569 g/mol. The molecule has 0 bridgehead atoms. The van der Waals surface area contributed by atoms with E-state index in [0.717, 1.165) is 41.6 Å². The van der Waals surface area contributed by atoms with E-state index < -0.39 is 10.0 Å². The SMILES string of the molecule is CCCCN(CCCC)S(=O)(=O)c1ccc(C(=O)N(CCn2cccn2)c2nc3ccc(OC)cc3s2)cc1. The normalized spacial score (nSPS) is 11.8. The van der Waals surface area contributed by atoms with Crippen molar-refractivity contribution in [2.75, 3.05) is 31.6 Å². The lowest BCUT2D eigenvalue weighted by Gasteiger charge is -2.22. The van der Waals surface area contributed by atoms with Gasteiger partial charge in [-0.3, -0.25) is 14.4 Å². The molecule has 0 saturated carbocycles. The number of methoxy groups -OCH3 is 1. The number of hydrogen-bond acceptors (Lipinski definition) is 7. The number of ether oxygens (including phenoxy) is 1. The van der Waals surface area contributed by atoms with Crippen molar-refractivity contribution < 1.29 is 17.9 Å². The van der Waals surface area contributed by atoms with Gasteiger partial charge in [-0.1, -0.05) is 38.0 Å². The summed E-state index contributed by atoms with van der Waals surface area (Å²) < 4.78 is 36.3. The number of nitrogens with zero attached hydrogens (tertiary/aromatic N) is 5. The van der Waals surface area contributed by atoms with E-state index >= 15 is 0 Å². The molecule has 0 N–H and O–H groups in total. The minimum Gasteiger partial charge on any atom is -0.497 e. The van der Waals surface area contributed by atoms with Crippen LogP contribution in [0.4, 0.5) is 5.13 Å². The molecule has 11 heteroatoms. The van der Waals surface area contributed by atoms with Crippen LogP contribution < -0.4 is 9.64 Å². The van der Waals surface area contributed by atoms with E-state index in [1.807, 2.05) is 44.3 Å². The summed E-state index contributed by atoms with van der Waals surface area (Å²) in [5.41, 5.74) is 1.16. The van der Waals surface area contributed by atoms with Gasteiger partial charge in [0.25, 0.3) is 5.91 Å². The van der Waals surface area contributed by atoms with Gasteiger partial charge in [0.05, 0.1) is 28.8 Å². The Kier molecular flexibility index (Phi) is 9.71. The van der Waals surface area contributed by atoms with Crippen LogP contribution in [0.15, 0.2) is 65.8 Å². The lowest BCUT2D eigenvalue weighted by molar-refractivity contribution is 0.0985. The summed E-state index contributed by atoms with van der Waals surface area (Å²) in [6.07, 6.45) is 6.97. The lowest BCUT2D eigenvalue weighted by atomic mass is 10.2. The average Bonchev–Trinajstić information content (AvgIpc) is 3.62. The summed E-state index contributed by atoms with van der Waals surface area (Å²) in [4.78, 5) is 20.3. The molecule has 9 nitrogen and oxygen atoms in total. The Bertz CT molecular complexity index is 1460. The number of unbranched alkanes of at least 4 members (excludes halogenated alkanes) is 2. The molecule has 0 unspecified atom stereocenters. The fraction of sp³-hybridized carbons (Fsp3) is 0.393. The Morgan fingerprint density at radius 2 is 1.74 bits per heavy atom. The molecule has 0 aliphatic carbocycles. The third kappa shape index (κ3) is 6.84. The maximum absolute atomic E-state index is 13.8. The molecular weight excluding hydrogens is 534 g/mol. The second kappa shape index (κ2) is 13.2. The molecule has 0 aliphatic heterocycles. The highest BCUT2D eigenvalue weighted by Crippen LogP contribution is 2.32. The maximum atomic E-state index is 13.8. The quantitative estimate of drug-likeness (QED) is 0.201. The van der Waals surface area contributed by atoms with Gasteiger partial charge in [0.1, 0.15) is 5.75 Å². The molecule has 4 aromatic rings. The Balaban J connectivity index is 1.61. The first kappa shape index (κ1) is 28.7. The number of aromatic nitrogens is 3. The van der Waals surface area contributed by atoms with E-state index in [4.69, 9.17) is 9.72 Å². The fourth-order valence-corrected chi connectivity index (χ4v) is 6.69. The molecule has 2 aromatic heterocycles. The van der Waals surface area contributed by atoms with Gasteiger partial charge in [-0.15, -0.1) is 0 Å². The van der Waals surface area contributed by atoms with Gasteiger partial charge in [-0.2, -0.15) is 9.40 Å². The van der Waals surface area contributed by atoms with E-state index in [0.29, 0.717) is 36.9 Å². The van der Waals surface area contributed by atoms with E-state index in [9.17, 15) is 13.2 Å². The second-order valence-corrected chi connectivity index (χ2v) is 12.1. The van der Waals surface area contributed by atoms with Crippen LogP contribution in [0.1, 0.15) is 49.9 Å². The van der Waals surface area contributed by atoms with E-state index in [1.165, 1.54) is 23.5 Å². The first-order valence-electron chi connectivity index (χ1n) is 13.2. The predicted molar refractivity (Wildman–Crippen MR) is 155 cm³/mol. The van der Waals surface area contributed by atoms with Gasteiger partial charge in [-0.25, -0.2) is 13.4 Å². The molecule has 0 aliphatic rings. The molecule has 1 amide bonds. The van der Waals surface area contributed by atoms with E-state index in [1.54, 1.807) is 39.3 Å². The van der Waals surface area contributed by atoms with Gasteiger partial charge < -0.3 is 4.74 Å². The first-order chi connectivity index (χ1) is 18.9. The van der Waals surface area contributed by atoms with Crippen molar-refractivity contribution in [3.8, 4) is 5.75 Å². The van der Waals surface area contributed by atoms with E-state index in [-0.39, 0.29) is 10.8 Å². The minimum absolute atomic E-state index is 0.196. The zero-order valence-electron chi connectivity index (χ0n) is 22.6. The highest BCUT2D eigenvalue weighted by atomic mass is 32.2. The van der Waals surface area contributed by atoms with E-state index in [2.05, 4.69) is 5.10 Å². The number of fused-ring (bicyclic) bond motifs is 1. The van der Waals surface area contributed by atoms with Crippen molar-refractivity contribution in [1.29, 1.82) is 0 Å². The Morgan fingerprint density at radius 1 is 1.03 bits per heavy atom. The summed E-state index contributed by atoms with van der Waals surface area (Å²) in [6, 6.07) is 13.7. The Morgan fingerprint density at radius 3 is 2.36 bits per heavy atom. The summed E-state index contributed by atoms with van der Waals surface area (Å²) in [7, 11) is -2.04. The number of benzene rings is 2. The van der Waals surface area contributed by atoms with Gasteiger partial charge in [-0.05, 0) is 61.4 Å². The largest absolute Gasteiger partial charge is 0.497 e. The number of hydrogen-bond donors (Lipinski definition) is 0. The molecule has 0 atom stereocenters.